The summed E-state index contributed by atoms with van der Waals surface area (Å²) in [5.41, 5.74) is 9.96. The predicted molar refractivity (Wildman–Crippen MR) is 72.6 cm³/mol. The molecular weight excluding hydrogens is 222 g/mol. The summed E-state index contributed by atoms with van der Waals surface area (Å²) in [7, 11) is 0. The van der Waals surface area contributed by atoms with E-state index in [4.69, 9.17) is 15.7 Å². The lowest BCUT2D eigenvalue weighted by molar-refractivity contribution is 0.383. The summed E-state index contributed by atoms with van der Waals surface area (Å²) in [5, 5.41) is 0. The van der Waals surface area contributed by atoms with Crippen LogP contribution >= 0.6 is 0 Å². The molecule has 3 nitrogen and oxygen atoms in total. The van der Waals surface area contributed by atoms with E-state index in [0.717, 1.165) is 25.1 Å². The highest BCUT2D eigenvalue weighted by atomic mass is 14.9. The van der Waals surface area contributed by atoms with E-state index in [-0.39, 0.29) is 0 Å². The van der Waals surface area contributed by atoms with Gasteiger partial charge < -0.3 is 5.73 Å². The Balaban J connectivity index is 1.86. The van der Waals surface area contributed by atoms with Crippen molar-refractivity contribution in [2.24, 2.45) is 5.73 Å². The van der Waals surface area contributed by atoms with Crippen LogP contribution in [0.1, 0.15) is 67.2 Å². The molecule has 1 aromatic heterocycles. The molecule has 0 aromatic carbocycles. The van der Waals surface area contributed by atoms with Gasteiger partial charge in [0.15, 0.2) is 0 Å². The molecule has 1 heterocycles. The van der Waals surface area contributed by atoms with E-state index in [9.17, 15) is 0 Å². The second-order valence-electron chi connectivity index (χ2n) is 5.91. The van der Waals surface area contributed by atoms with Gasteiger partial charge in [0.2, 0.25) is 0 Å². The van der Waals surface area contributed by atoms with Gasteiger partial charge in [-0.25, -0.2) is 9.97 Å². The van der Waals surface area contributed by atoms with Crippen molar-refractivity contribution in [3.05, 3.63) is 22.8 Å². The maximum absolute atomic E-state index is 5.97. The van der Waals surface area contributed by atoms with E-state index in [1.807, 2.05) is 0 Å². The van der Waals surface area contributed by atoms with Crippen LogP contribution in [0.25, 0.3) is 0 Å². The fourth-order valence-electron chi connectivity index (χ4n) is 3.37. The molecule has 3 heteroatoms. The molecule has 0 bridgehead atoms. The first-order valence-electron chi connectivity index (χ1n) is 7.36. The molecule has 2 aliphatic rings. The van der Waals surface area contributed by atoms with Crippen molar-refractivity contribution in [2.75, 3.05) is 0 Å². The first kappa shape index (κ1) is 12.1. The van der Waals surface area contributed by atoms with Gasteiger partial charge in [0.1, 0.15) is 5.82 Å². The number of aryl methyl sites for hydroxylation is 2. The minimum atomic E-state index is 0.403. The molecule has 0 aliphatic heterocycles. The molecule has 2 aliphatic carbocycles. The second kappa shape index (κ2) is 4.96. The molecule has 18 heavy (non-hydrogen) atoms. The number of rotatable bonds is 1. The SMILES string of the molecule is Cc1nc(C2CCC(N)CC2)nc2c1CCCC2. The highest BCUT2D eigenvalue weighted by Crippen LogP contribution is 2.32. The van der Waals surface area contributed by atoms with E-state index in [1.54, 1.807) is 0 Å². The van der Waals surface area contributed by atoms with Crippen LogP contribution in [0.4, 0.5) is 0 Å². The average Bonchev–Trinajstić information content (AvgIpc) is 2.39. The van der Waals surface area contributed by atoms with Gasteiger partial charge in [0.05, 0.1) is 0 Å². The summed E-state index contributed by atoms with van der Waals surface area (Å²) < 4.78 is 0. The zero-order valence-corrected chi connectivity index (χ0v) is 11.3. The molecule has 3 rings (SSSR count). The Bertz CT molecular complexity index is 434. The third-order valence-electron chi connectivity index (χ3n) is 4.54. The lowest BCUT2D eigenvalue weighted by Gasteiger charge is -2.26. The molecule has 0 unspecified atom stereocenters. The summed E-state index contributed by atoms with van der Waals surface area (Å²) in [6, 6.07) is 0.403. The Hall–Kier alpha value is -0.960. The smallest absolute Gasteiger partial charge is 0.131 e. The number of nitrogens with zero attached hydrogens (tertiary/aromatic N) is 2. The third-order valence-corrected chi connectivity index (χ3v) is 4.54. The van der Waals surface area contributed by atoms with Crippen LogP contribution in [0.2, 0.25) is 0 Å². The molecule has 2 N–H and O–H groups in total. The van der Waals surface area contributed by atoms with Crippen LogP contribution in [0.15, 0.2) is 0 Å². The lowest BCUT2D eigenvalue weighted by atomic mass is 9.85. The summed E-state index contributed by atoms with van der Waals surface area (Å²) in [6.07, 6.45) is 9.51. The van der Waals surface area contributed by atoms with Crippen LogP contribution in [0.5, 0.6) is 0 Å². The fourth-order valence-corrected chi connectivity index (χ4v) is 3.37. The van der Waals surface area contributed by atoms with E-state index < -0.39 is 0 Å². The molecule has 0 radical (unpaired) electrons. The molecule has 0 amide bonds. The van der Waals surface area contributed by atoms with Crippen molar-refractivity contribution in [1.82, 2.24) is 9.97 Å². The van der Waals surface area contributed by atoms with Crippen molar-refractivity contribution in [2.45, 2.75) is 70.3 Å². The summed E-state index contributed by atoms with van der Waals surface area (Å²) >= 11 is 0. The Kier molecular flexibility index (Phi) is 3.33. The number of fused-ring (bicyclic) bond motifs is 1. The van der Waals surface area contributed by atoms with Crippen molar-refractivity contribution in [3.63, 3.8) is 0 Å². The van der Waals surface area contributed by atoms with Crippen molar-refractivity contribution < 1.29 is 0 Å². The van der Waals surface area contributed by atoms with Gasteiger partial charge in [-0.15, -0.1) is 0 Å². The van der Waals surface area contributed by atoms with Gasteiger partial charge in [-0.1, -0.05) is 0 Å². The monoisotopic (exact) mass is 245 g/mol. The highest BCUT2D eigenvalue weighted by molar-refractivity contribution is 5.28. The Morgan fingerprint density at radius 2 is 1.72 bits per heavy atom. The summed E-state index contributed by atoms with van der Waals surface area (Å²) in [5.74, 6) is 1.65. The molecule has 98 valence electrons. The van der Waals surface area contributed by atoms with Crippen LogP contribution in [0, 0.1) is 6.92 Å². The number of hydrogen-bond donors (Lipinski definition) is 1. The third kappa shape index (κ3) is 2.28. The number of nitrogens with two attached hydrogens (primary N) is 1. The van der Waals surface area contributed by atoms with Crippen molar-refractivity contribution in [1.29, 1.82) is 0 Å². The number of hydrogen-bond acceptors (Lipinski definition) is 3. The second-order valence-corrected chi connectivity index (χ2v) is 5.91. The normalized spacial score (nSPS) is 27.9. The topological polar surface area (TPSA) is 51.8 Å². The first-order chi connectivity index (χ1) is 8.74. The van der Waals surface area contributed by atoms with Crippen molar-refractivity contribution >= 4 is 0 Å². The van der Waals surface area contributed by atoms with Gasteiger partial charge >= 0.3 is 0 Å². The van der Waals surface area contributed by atoms with E-state index >= 15 is 0 Å². The Morgan fingerprint density at radius 3 is 2.50 bits per heavy atom. The minimum absolute atomic E-state index is 0.403. The van der Waals surface area contributed by atoms with Crippen LogP contribution in [-0.4, -0.2) is 16.0 Å². The van der Waals surface area contributed by atoms with Gasteiger partial charge in [-0.3, -0.25) is 0 Å². The van der Waals surface area contributed by atoms with Gasteiger partial charge in [-0.05, 0) is 63.9 Å². The zero-order valence-electron chi connectivity index (χ0n) is 11.3. The standard InChI is InChI=1S/C15H23N3/c1-10-13-4-2-3-5-14(13)18-15(17-10)11-6-8-12(16)9-7-11/h11-12H,2-9,16H2,1H3. The molecular formula is C15H23N3. The largest absolute Gasteiger partial charge is 0.328 e. The Labute approximate surface area is 109 Å². The summed E-state index contributed by atoms with van der Waals surface area (Å²) in [6.45, 7) is 2.16. The van der Waals surface area contributed by atoms with Gasteiger partial charge in [0.25, 0.3) is 0 Å². The number of aromatic nitrogens is 2. The molecule has 1 aromatic rings. The van der Waals surface area contributed by atoms with Crippen LogP contribution < -0.4 is 5.73 Å². The predicted octanol–water partition coefficient (Wildman–Crippen LogP) is 2.65. The van der Waals surface area contributed by atoms with E-state index in [2.05, 4.69) is 6.92 Å². The fraction of sp³-hybridized carbons (Fsp3) is 0.733. The highest BCUT2D eigenvalue weighted by Gasteiger charge is 2.24. The average molecular weight is 245 g/mol. The molecule has 0 saturated heterocycles. The zero-order chi connectivity index (χ0) is 12.5. The van der Waals surface area contributed by atoms with Crippen molar-refractivity contribution in [3.8, 4) is 0 Å². The molecule has 0 atom stereocenters. The molecule has 1 saturated carbocycles. The maximum Gasteiger partial charge on any atom is 0.131 e. The summed E-state index contributed by atoms with van der Waals surface area (Å²) in [4.78, 5) is 9.65. The minimum Gasteiger partial charge on any atom is -0.328 e. The van der Waals surface area contributed by atoms with Gasteiger partial charge in [-0.2, -0.15) is 0 Å². The van der Waals surface area contributed by atoms with Crippen LogP contribution in [-0.2, 0) is 12.8 Å². The van der Waals surface area contributed by atoms with E-state index in [1.165, 1.54) is 49.1 Å². The van der Waals surface area contributed by atoms with E-state index in [0.29, 0.717) is 12.0 Å². The van der Waals surface area contributed by atoms with Crippen LogP contribution in [0.3, 0.4) is 0 Å². The Morgan fingerprint density at radius 1 is 1.00 bits per heavy atom. The molecule has 1 fully saturated rings. The molecule has 0 spiro atoms. The quantitative estimate of drug-likeness (QED) is 0.827. The first-order valence-corrected chi connectivity index (χ1v) is 7.36. The lowest BCUT2D eigenvalue weighted by Crippen LogP contribution is -2.27. The van der Waals surface area contributed by atoms with Gasteiger partial charge in [0, 0.05) is 23.3 Å². The maximum atomic E-state index is 5.97.